The lowest BCUT2D eigenvalue weighted by Crippen LogP contribution is -2.35. The van der Waals surface area contributed by atoms with Crippen molar-refractivity contribution >= 4 is 26.7 Å². The molecule has 4 N–H and O–H groups in total. The molecule has 0 aliphatic heterocycles. The first-order valence-electron chi connectivity index (χ1n) is 4.88. The minimum Gasteiger partial charge on any atom is -0.320 e. The maximum atomic E-state index is 11.5. The van der Waals surface area contributed by atoms with Crippen LogP contribution in [0, 0.1) is 11.8 Å². The number of nitrogens with two attached hydrogens (primary N) is 1. The minimum absolute atomic E-state index is 0.177. The number of rotatable bonds is 4. The third-order valence-corrected chi connectivity index (χ3v) is 3.63. The Kier molecular flexibility index (Phi) is 4.89. The van der Waals surface area contributed by atoms with Crippen LogP contribution in [0.15, 0.2) is 6.20 Å². The summed E-state index contributed by atoms with van der Waals surface area (Å²) in [4.78, 5) is 4.57. The van der Waals surface area contributed by atoms with Gasteiger partial charge in [0.25, 0.3) is 0 Å². The van der Waals surface area contributed by atoms with Crippen LogP contribution in [0.25, 0.3) is 0 Å². The molecule has 0 aliphatic rings. The maximum Gasteiger partial charge on any atom is 0.301 e. The van der Waals surface area contributed by atoms with E-state index in [0.717, 1.165) is 11.3 Å². The molecule has 1 aromatic heterocycles. The highest BCUT2D eigenvalue weighted by Crippen LogP contribution is 2.17. The normalized spacial score (nSPS) is 11.1. The number of hydrogen-bond donors (Lipinski definition) is 3. The van der Waals surface area contributed by atoms with Crippen molar-refractivity contribution in [3.8, 4) is 11.8 Å². The lowest BCUT2D eigenvalue weighted by atomic mass is 10.4. The molecule has 0 aliphatic carbocycles. The molecule has 1 aromatic rings. The van der Waals surface area contributed by atoms with E-state index in [2.05, 4.69) is 26.3 Å². The van der Waals surface area contributed by atoms with Gasteiger partial charge in [-0.25, -0.2) is 9.71 Å². The van der Waals surface area contributed by atoms with Crippen molar-refractivity contribution in [1.29, 1.82) is 0 Å². The Morgan fingerprint density at radius 2 is 2.29 bits per heavy atom. The van der Waals surface area contributed by atoms with Crippen LogP contribution < -0.4 is 15.2 Å². The fourth-order valence-electron chi connectivity index (χ4n) is 0.972. The van der Waals surface area contributed by atoms with Gasteiger partial charge in [0.15, 0.2) is 5.13 Å². The summed E-state index contributed by atoms with van der Waals surface area (Å²) in [6.45, 7) is 3.73. The number of thiazole rings is 1. The van der Waals surface area contributed by atoms with Gasteiger partial charge >= 0.3 is 10.2 Å². The van der Waals surface area contributed by atoms with Crippen molar-refractivity contribution in [1.82, 2.24) is 9.71 Å². The largest absolute Gasteiger partial charge is 0.320 e. The van der Waals surface area contributed by atoms with Crippen LogP contribution in [0.5, 0.6) is 0 Å². The summed E-state index contributed by atoms with van der Waals surface area (Å²) in [5.74, 6) is 5.45. The van der Waals surface area contributed by atoms with Crippen LogP contribution in [0.1, 0.15) is 18.7 Å². The lowest BCUT2D eigenvalue weighted by molar-refractivity contribution is 0.575. The smallest absolute Gasteiger partial charge is 0.301 e. The third-order valence-electron chi connectivity index (χ3n) is 1.43. The number of anilines is 1. The average molecular weight is 274 g/mol. The Morgan fingerprint density at radius 3 is 2.88 bits per heavy atom. The van der Waals surface area contributed by atoms with Crippen LogP contribution in [-0.2, 0) is 10.2 Å². The van der Waals surface area contributed by atoms with Crippen molar-refractivity contribution in [2.24, 2.45) is 5.73 Å². The number of aromatic nitrogens is 1. The van der Waals surface area contributed by atoms with Gasteiger partial charge in [-0.3, -0.25) is 0 Å². The first kappa shape index (κ1) is 13.9. The summed E-state index contributed by atoms with van der Waals surface area (Å²) in [5.41, 5.74) is 5.23. The van der Waals surface area contributed by atoms with Crippen molar-refractivity contribution in [3.63, 3.8) is 0 Å². The average Bonchev–Trinajstić information content (AvgIpc) is 2.59. The first-order valence-corrected chi connectivity index (χ1v) is 7.18. The molecule has 0 spiro atoms. The van der Waals surface area contributed by atoms with Gasteiger partial charge in [-0.1, -0.05) is 23.2 Å². The highest BCUT2D eigenvalue weighted by molar-refractivity contribution is 7.91. The van der Waals surface area contributed by atoms with Gasteiger partial charge in [0.1, 0.15) is 0 Å². The second kappa shape index (κ2) is 5.97. The molecule has 0 atom stereocenters. The fourth-order valence-corrected chi connectivity index (χ4v) is 2.97. The molecule has 0 unspecified atom stereocenters. The quantitative estimate of drug-likeness (QED) is 0.679. The molecular formula is C9H14N4O2S2. The number of nitrogens with zero attached hydrogens (tertiary/aromatic N) is 1. The molecule has 0 amide bonds. The Morgan fingerprint density at radius 1 is 1.59 bits per heavy atom. The van der Waals surface area contributed by atoms with E-state index in [9.17, 15) is 8.42 Å². The van der Waals surface area contributed by atoms with Gasteiger partial charge in [-0.05, 0) is 13.8 Å². The molecule has 0 saturated carbocycles. The monoisotopic (exact) mass is 274 g/mol. The van der Waals surface area contributed by atoms with Gasteiger partial charge in [0, 0.05) is 6.04 Å². The van der Waals surface area contributed by atoms with E-state index < -0.39 is 10.2 Å². The Balaban J connectivity index is 2.73. The van der Waals surface area contributed by atoms with E-state index >= 15 is 0 Å². The highest BCUT2D eigenvalue weighted by Gasteiger charge is 2.13. The van der Waals surface area contributed by atoms with E-state index in [1.54, 1.807) is 13.8 Å². The summed E-state index contributed by atoms with van der Waals surface area (Å²) in [5, 5.41) is 0.277. The Bertz CT molecular complexity index is 525. The second-order valence-electron chi connectivity index (χ2n) is 3.41. The predicted octanol–water partition coefficient (Wildman–Crippen LogP) is 0.108. The number of nitrogens with one attached hydrogen (secondary N) is 2. The maximum absolute atomic E-state index is 11.5. The molecule has 1 heterocycles. The molecule has 0 fully saturated rings. The third kappa shape index (κ3) is 5.14. The molecular weight excluding hydrogens is 260 g/mol. The van der Waals surface area contributed by atoms with E-state index in [4.69, 9.17) is 5.73 Å². The Hall–Kier alpha value is -1.14. The molecule has 1 rings (SSSR count). The van der Waals surface area contributed by atoms with Gasteiger partial charge in [-0.2, -0.15) is 13.1 Å². The summed E-state index contributed by atoms with van der Waals surface area (Å²) in [7, 11) is -3.57. The van der Waals surface area contributed by atoms with Crippen LogP contribution in [0.3, 0.4) is 0 Å². The zero-order valence-corrected chi connectivity index (χ0v) is 11.2. The summed E-state index contributed by atoms with van der Waals surface area (Å²) in [6.07, 6.45) is 1.50. The van der Waals surface area contributed by atoms with Crippen LogP contribution in [0.2, 0.25) is 0 Å². The molecule has 0 bridgehead atoms. The van der Waals surface area contributed by atoms with Gasteiger partial charge in [0.05, 0.1) is 17.6 Å². The first-order chi connectivity index (χ1) is 7.93. The van der Waals surface area contributed by atoms with Crippen molar-refractivity contribution in [3.05, 3.63) is 11.1 Å². The topological polar surface area (TPSA) is 97.1 Å². The highest BCUT2D eigenvalue weighted by atomic mass is 32.2. The van der Waals surface area contributed by atoms with Crippen molar-refractivity contribution in [2.45, 2.75) is 19.9 Å². The van der Waals surface area contributed by atoms with Crippen LogP contribution >= 0.6 is 11.3 Å². The molecule has 94 valence electrons. The van der Waals surface area contributed by atoms with Crippen molar-refractivity contribution in [2.75, 3.05) is 11.3 Å². The molecule has 6 nitrogen and oxygen atoms in total. The zero-order valence-electron chi connectivity index (χ0n) is 9.52. The van der Waals surface area contributed by atoms with Gasteiger partial charge in [0.2, 0.25) is 0 Å². The van der Waals surface area contributed by atoms with Crippen LogP contribution in [0.4, 0.5) is 5.13 Å². The summed E-state index contributed by atoms with van der Waals surface area (Å²) < 4.78 is 27.8. The number of hydrogen-bond acceptors (Lipinski definition) is 5. The molecule has 0 aromatic carbocycles. The molecule has 0 radical (unpaired) electrons. The van der Waals surface area contributed by atoms with Gasteiger partial charge < -0.3 is 5.73 Å². The zero-order chi connectivity index (χ0) is 12.9. The van der Waals surface area contributed by atoms with Crippen molar-refractivity contribution < 1.29 is 8.42 Å². The predicted molar refractivity (Wildman–Crippen MR) is 68.9 cm³/mol. The SMILES string of the molecule is CC(C)NS(=O)(=O)Nc1ncc(C#CCN)s1. The minimum atomic E-state index is -3.57. The fraction of sp³-hybridized carbons (Fsp3) is 0.444. The summed E-state index contributed by atoms with van der Waals surface area (Å²) >= 11 is 1.16. The standard InChI is InChI=1S/C9H14N4O2S2/c1-7(2)12-17(14,15)13-9-11-6-8(16-9)4-3-5-10/h6-7,12H,5,10H2,1-2H3,(H,11,13). The van der Waals surface area contributed by atoms with Gasteiger partial charge in [-0.15, -0.1) is 0 Å². The molecule has 8 heteroatoms. The van der Waals surface area contributed by atoms with E-state index in [-0.39, 0.29) is 17.7 Å². The van der Waals surface area contributed by atoms with E-state index in [1.807, 2.05) is 0 Å². The summed E-state index contributed by atoms with van der Waals surface area (Å²) in [6, 6.07) is -0.177. The lowest BCUT2D eigenvalue weighted by Gasteiger charge is -2.08. The Labute approximate surface area is 105 Å². The van der Waals surface area contributed by atoms with Crippen LogP contribution in [-0.4, -0.2) is 26.0 Å². The van der Waals surface area contributed by atoms with E-state index in [0.29, 0.717) is 4.88 Å². The molecule has 17 heavy (non-hydrogen) atoms. The van der Waals surface area contributed by atoms with E-state index in [1.165, 1.54) is 6.20 Å². The second-order valence-corrected chi connectivity index (χ2v) is 5.89. The molecule has 0 saturated heterocycles.